The quantitative estimate of drug-likeness (QED) is 0.930. The molecule has 0 aliphatic carbocycles. The Labute approximate surface area is 111 Å². The molecule has 3 rings (SSSR count). The van der Waals surface area contributed by atoms with Gasteiger partial charge in [0, 0.05) is 18.6 Å². The van der Waals surface area contributed by atoms with E-state index in [2.05, 4.69) is 26.1 Å². The Morgan fingerprint density at radius 2 is 2.24 bits per heavy atom. The third-order valence-electron chi connectivity index (χ3n) is 4.02. The minimum atomic E-state index is 0.652. The highest BCUT2D eigenvalue weighted by Crippen LogP contribution is 2.27. The summed E-state index contributed by atoms with van der Waals surface area (Å²) in [5, 5.41) is 3.65. The number of hydrogen-bond acceptors (Lipinski definition) is 3. The summed E-state index contributed by atoms with van der Waals surface area (Å²) in [6.07, 6.45) is 5.42. The van der Waals surface area contributed by atoms with Crippen molar-refractivity contribution in [2.75, 3.05) is 13.1 Å². The second-order valence-corrected chi connectivity index (χ2v) is 5.86. The summed E-state index contributed by atoms with van der Waals surface area (Å²) in [6.45, 7) is 3.42. The lowest BCUT2D eigenvalue weighted by Gasteiger charge is -2.32. The van der Waals surface area contributed by atoms with Crippen molar-refractivity contribution in [3.8, 4) is 0 Å². The number of nitrogens with one attached hydrogen (secondary N) is 1. The molecule has 1 aromatic heterocycles. The minimum absolute atomic E-state index is 0.652. The van der Waals surface area contributed by atoms with Crippen LogP contribution in [0.1, 0.15) is 31.4 Å². The molecule has 0 amide bonds. The van der Waals surface area contributed by atoms with E-state index in [1.165, 1.54) is 38.8 Å². The molecule has 2 unspecified atom stereocenters. The van der Waals surface area contributed by atoms with Gasteiger partial charge in [-0.3, -0.25) is 4.90 Å². The van der Waals surface area contributed by atoms with Gasteiger partial charge in [-0.2, -0.15) is 0 Å². The number of piperidine rings is 1. The van der Waals surface area contributed by atoms with Crippen molar-refractivity contribution in [3.63, 3.8) is 0 Å². The zero-order valence-electron chi connectivity index (χ0n) is 9.99. The molecule has 2 aliphatic rings. The van der Waals surface area contributed by atoms with Crippen LogP contribution < -0.4 is 5.32 Å². The predicted octanol–water partition coefficient (Wildman–Crippen LogP) is 2.76. The monoisotopic (exact) mass is 298 g/mol. The molecule has 2 fully saturated rings. The van der Waals surface area contributed by atoms with Crippen LogP contribution in [0.25, 0.3) is 0 Å². The maximum absolute atomic E-state index is 5.52. The Bertz CT molecular complexity index is 379. The van der Waals surface area contributed by atoms with E-state index in [1.807, 2.05) is 12.1 Å². The minimum Gasteiger partial charge on any atom is -0.453 e. The van der Waals surface area contributed by atoms with E-state index in [0.717, 1.165) is 23.0 Å². The van der Waals surface area contributed by atoms with E-state index in [1.54, 1.807) is 0 Å². The fraction of sp³-hybridized carbons (Fsp3) is 0.692. The zero-order valence-corrected chi connectivity index (χ0v) is 11.6. The molecule has 2 atom stereocenters. The van der Waals surface area contributed by atoms with Crippen LogP contribution in [-0.2, 0) is 6.54 Å². The summed E-state index contributed by atoms with van der Waals surface area (Å²) in [6, 6.07) is 5.41. The molecule has 1 N–H and O–H groups in total. The van der Waals surface area contributed by atoms with Gasteiger partial charge in [0.15, 0.2) is 4.67 Å². The Morgan fingerprint density at radius 1 is 1.29 bits per heavy atom. The number of halogens is 1. The van der Waals surface area contributed by atoms with Crippen molar-refractivity contribution >= 4 is 15.9 Å². The lowest BCUT2D eigenvalue weighted by molar-refractivity contribution is 0.179. The number of nitrogens with zero attached hydrogens (tertiary/aromatic N) is 1. The topological polar surface area (TPSA) is 28.4 Å². The molecule has 0 spiro atoms. The van der Waals surface area contributed by atoms with Gasteiger partial charge in [-0.25, -0.2) is 0 Å². The average molecular weight is 299 g/mol. The van der Waals surface area contributed by atoms with E-state index in [9.17, 15) is 0 Å². The van der Waals surface area contributed by atoms with E-state index in [-0.39, 0.29) is 0 Å². The average Bonchev–Trinajstić information content (AvgIpc) is 2.93. The molecule has 2 aliphatic heterocycles. The maximum atomic E-state index is 5.52. The lowest BCUT2D eigenvalue weighted by atomic mass is 9.99. The number of furan rings is 1. The van der Waals surface area contributed by atoms with Crippen molar-refractivity contribution in [2.24, 2.45) is 0 Å². The molecule has 0 aromatic carbocycles. The molecule has 94 valence electrons. The summed E-state index contributed by atoms with van der Waals surface area (Å²) in [5.74, 6) is 1.02. The number of hydrogen-bond donors (Lipinski definition) is 1. The van der Waals surface area contributed by atoms with Crippen molar-refractivity contribution in [3.05, 3.63) is 22.6 Å². The smallest absolute Gasteiger partial charge is 0.169 e. The van der Waals surface area contributed by atoms with Crippen LogP contribution in [0, 0.1) is 0 Å². The first kappa shape index (κ1) is 11.8. The Kier molecular flexibility index (Phi) is 3.54. The van der Waals surface area contributed by atoms with Crippen molar-refractivity contribution < 1.29 is 4.42 Å². The van der Waals surface area contributed by atoms with Gasteiger partial charge in [0.05, 0.1) is 6.54 Å². The fourth-order valence-electron chi connectivity index (χ4n) is 3.16. The maximum Gasteiger partial charge on any atom is 0.169 e. The van der Waals surface area contributed by atoms with Crippen molar-refractivity contribution in [1.82, 2.24) is 10.2 Å². The number of fused-ring (bicyclic) bond motifs is 1. The molecule has 0 radical (unpaired) electrons. The first-order valence-electron chi connectivity index (χ1n) is 6.54. The SMILES string of the molecule is Brc1ccc(CNC2CCN3CCCCC23)o1. The molecular weight excluding hydrogens is 280 g/mol. The Morgan fingerprint density at radius 3 is 3.06 bits per heavy atom. The number of rotatable bonds is 3. The van der Waals surface area contributed by atoms with Crippen LogP contribution in [0.2, 0.25) is 0 Å². The van der Waals surface area contributed by atoms with Gasteiger partial charge in [-0.1, -0.05) is 6.42 Å². The molecule has 0 bridgehead atoms. The Hall–Kier alpha value is -0.320. The van der Waals surface area contributed by atoms with Gasteiger partial charge in [0.1, 0.15) is 5.76 Å². The molecule has 3 heterocycles. The standard InChI is InChI=1S/C13H19BrN2O/c14-13-5-4-10(17-13)9-15-11-6-8-16-7-2-1-3-12(11)16/h4-5,11-12,15H,1-3,6-9H2. The Balaban J connectivity index is 1.55. The zero-order chi connectivity index (χ0) is 11.7. The molecule has 4 heteroatoms. The molecule has 17 heavy (non-hydrogen) atoms. The summed E-state index contributed by atoms with van der Waals surface area (Å²) in [7, 11) is 0. The van der Waals surface area contributed by atoms with Crippen LogP contribution in [0.3, 0.4) is 0 Å². The second kappa shape index (κ2) is 5.12. The second-order valence-electron chi connectivity index (χ2n) is 5.08. The molecule has 3 nitrogen and oxygen atoms in total. The summed E-state index contributed by atoms with van der Waals surface area (Å²) in [5.41, 5.74) is 0. The van der Waals surface area contributed by atoms with E-state index < -0.39 is 0 Å². The van der Waals surface area contributed by atoms with E-state index >= 15 is 0 Å². The van der Waals surface area contributed by atoms with Gasteiger partial charge >= 0.3 is 0 Å². The van der Waals surface area contributed by atoms with Crippen LogP contribution in [0.5, 0.6) is 0 Å². The summed E-state index contributed by atoms with van der Waals surface area (Å²) in [4.78, 5) is 2.65. The highest BCUT2D eigenvalue weighted by Gasteiger charge is 2.34. The molecular formula is C13H19BrN2O. The van der Waals surface area contributed by atoms with E-state index in [4.69, 9.17) is 4.42 Å². The first-order valence-corrected chi connectivity index (χ1v) is 7.34. The third-order valence-corrected chi connectivity index (χ3v) is 4.45. The van der Waals surface area contributed by atoms with Gasteiger partial charge < -0.3 is 9.73 Å². The lowest BCUT2D eigenvalue weighted by Crippen LogP contribution is -2.44. The van der Waals surface area contributed by atoms with Crippen LogP contribution in [-0.4, -0.2) is 30.1 Å². The van der Waals surface area contributed by atoms with Crippen molar-refractivity contribution in [2.45, 2.75) is 44.3 Å². The highest BCUT2D eigenvalue weighted by molar-refractivity contribution is 9.10. The van der Waals surface area contributed by atoms with Crippen molar-refractivity contribution in [1.29, 1.82) is 0 Å². The molecule has 2 saturated heterocycles. The van der Waals surface area contributed by atoms with E-state index in [0.29, 0.717) is 6.04 Å². The third kappa shape index (κ3) is 2.59. The highest BCUT2D eigenvalue weighted by atomic mass is 79.9. The largest absolute Gasteiger partial charge is 0.453 e. The first-order chi connectivity index (χ1) is 8.33. The van der Waals surface area contributed by atoms with Gasteiger partial charge in [0.25, 0.3) is 0 Å². The van der Waals surface area contributed by atoms with Crippen LogP contribution >= 0.6 is 15.9 Å². The fourth-order valence-corrected chi connectivity index (χ4v) is 3.50. The summed E-state index contributed by atoms with van der Waals surface area (Å²) >= 11 is 3.34. The van der Waals surface area contributed by atoms with Crippen LogP contribution in [0.4, 0.5) is 0 Å². The predicted molar refractivity (Wildman–Crippen MR) is 70.9 cm³/mol. The van der Waals surface area contributed by atoms with Gasteiger partial charge in [-0.15, -0.1) is 0 Å². The van der Waals surface area contributed by atoms with Gasteiger partial charge in [-0.05, 0) is 53.9 Å². The molecule has 0 saturated carbocycles. The normalized spacial score (nSPS) is 29.5. The summed E-state index contributed by atoms with van der Waals surface area (Å²) < 4.78 is 6.34. The molecule has 1 aromatic rings. The van der Waals surface area contributed by atoms with Gasteiger partial charge in [0.2, 0.25) is 0 Å². The van der Waals surface area contributed by atoms with Crippen LogP contribution in [0.15, 0.2) is 21.2 Å².